The third-order valence-corrected chi connectivity index (χ3v) is 2.94. The first-order valence-corrected chi connectivity index (χ1v) is 5.94. The van der Waals surface area contributed by atoms with Gasteiger partial charge in [0.1, 0.15) is 5.69 Å². The molecule has 18 heavy (non-hydrogen) atoms. The molecule has 0 unspecified atom stereocenters. The van der Waals surface area contributed by atoms with Gasteiger partial charge < -0.3 is 0 Å². The molecular formula is C14H13ClN2O. The van der Waals surface area contributed by atoms with E-state index in [4.69, 9.17) is 11.6 Å². The molecule has 92 valence electrons. The summed E-state index contributed by atoms with van der Waals surface area (Å²) in [4.78, 5) is 11.0. The topological polar surface area (TPSA) is 34.9 Å². The van der Waals surface area contributed by atoms with Gasteiger partial charge in [-0.05, 0) is 30.7 Å². The van der Waals surface area contributed by atoms with Crippen molar-refractivity contribution in [1.82, 2.24) is 9.78 Å². The van der Waals surface area contributed by atoms with Crippen LogP contribution >= 0.6 is 11.6 Å². The average molecular weight is 261 g/mol. The van der Waals surface area contributed by atoms with Crippen LogP contribution in [0.3, 0.4) is 0 Å². The van der Waals surface area contributed by atoms with Crippen LogP contribution in [0.4, 0.5) is 0 Å². The lowest BCUT2D eigenvalue weighted by Crippen LogP contribution is -2.01. The quantitative estimate of drug-likeness (QED) is 0.623. The summed E-state index contributed by atoms with van der Waals surface area (Å²) in [6.07, 6.45) is 2.49. The van der Waals surface area contributed by atoms with Crippen LogP contribution in [-0.2, 0) is 6.54 Å². The van der Waals surface area contributed by atoms with Crippen LogP contribution in [0.15, 0.2) is 36.9 Å². The van der Waals surface area contributed by atoms with Crippen LogP contribution in [0.1, 0.15) is 16.1 Å². The molecule has 0 aliphatic heterocycles. The smallest absolute Gasteiger partial charge is 0.168 e. The number of nitrogens with zero attached hydrogens (tertiary/aromatic N) is 2. The first kappa shape index (κ1) is 12.6. The van der Waals surface area contributed by atoms with Crippen LogP contribution in [0.2, 0.25) is 5.02 Å². The van der Waals surface area contributed by atoms with Crippen LogP contribution < -0.4 is 0 Å². The van der Waals surface area contributed by atoms with Crippen molar-refractivity contribution < 1.29 is 4.79 Å². The van der Waals surface area contributed by atoms with Gasteiger partial charge in [-0.2, -0.15) is 5.10 Å². The Bertz CT molecular complexity index is 602. The number of aromatic nitrogens is 2. The van der Waals surface area contributed by atoms with Crippen LogP contribution in [0.5, 0.6) is 0 Å². The Morgan fingerprint density at radius 3 is 2.89 bits per heavy atom. The number of hydrogen-bond acceptors (Lipinski definition) is 2. The van der Waals surface area contributed by atoms with Crippen molar-refractivity contribution in [3.8, 4) is 11.3 Å². The fourth-order valence-corrected chi connectivity index (χ4v) is 1.97. The highest BCUT2D eigenvalue weighted by Gasteiger charge is 2.10. The summed E-state index contributed by atoms with van der Waals surface area (Å²) in [6, 6.07) is 7.38. The second-order valence-electron chi connectivity index (χ2n) is 4.00. The van der Waals surface area contributed by atoms with E-state index in [1.807, 2.05) is 25.1 Å². The monoisotopic (exact) mass is 260 g/mol. The van der Waals surface area contributed by atoms with Crippen LogP contribution in [0.25, 0.3) is 11.3 Å². The zero-order chi connectivity index (χ0) is 13.1. The van der Waals surface area contributed by atoms with E-state index in [1.165, 1.54) is 0 Å². The summed E-state index contributed by atoms with van der Waals surface area (Å²) in [6.45, 7) is 6.14. The number of allylic oxidation sites excluding steroid dienone is 1. The van der Waals surface area contributed by atoms with E-state index < -0.39 is 0 Å². The Hall–Kier alpha value is -1.87. The molecule has 0 N–H and O–H groups in total. The third-order valence-electron chi connectivity index (χ3n) is 2.71. The lowest BCUT2D eigenvalue weighted by molar-refractivity contribution is 0.111. The minimum atomic E-state index is 0.508. The van der Waals surface area contributed by atoms with Crippen molar-refractivity contribution in [2.45, 2.75) is 13.5 Å². The molecule has 2 aromatic rings. The van der Waals surface area contributed by atoms with Crippen molar-refractivity contribution in [1.29, 1.82) is 0 Å². The van der Waals surface area contributed by atoms with Gasteiger partial charge >= 0.3 is 0 Å². The number of aldehydes is 1. The number of hydrogen-bond donors (Lipinski definition) is 0. The van der Waals surface area contributed by atoms with Crippen LogP contribution in [0, 0.1) is 6.92 Å². The molecule has 3 nitrogen and oxygen atoms in total. The van der Waals surface area contributed by atoms with Gasteiger partial charge in [-0.15, -0.1) is 6.58 Å². The molecule has 1 aromatic carbocycles. The molecule has 1 heterocycles. The van der Waals surface area contributed by atoms with Crippen molar-refractivity contribution in [3.05, 3.63) is 53.2 Å². The lowest BCUT2D eigenvalue weighted by Gasteiger charge is -2.02. The van der Waals surface area contributed by atoms with Gasteiger partial charge in [0.2, 0.25) is 0 Å². The molecule has 0 fully saturated rings. The Kier molecular flexibility index (Phi) is 3.63. The molecule has 0 radical (unpaired) electrons. The number of carbonyl (C=O) groups excluding carboxylic acids is 1. The molecule has 0 saturated carbocycles. The van der Waals surface area contributed by atoms with Crippen molar-refractivity contribution in [2.24, 2.45) is 0 Å². The highest BCUT2D eigenvalue weighted by atomic mass is 35.5. The second kappa shape index (κ2) is 5.19. The van der Waals surface area contributed by atoms with Gasteiger partial charge in [0.05, 0.1) is 12.2 Å². The summed E-state index contributed by atoms with van der Waals surface area (Å²) in [5.74, 6) is 0. The van der Waals surface area contributed by atoms with Gasteiger partial charge in [-0.25, -0.2) is 0 Å². The first-order chi connectivity index (χ1) is 8.65. The predicted molar refractivity (Wildman–Crippen MR) is 73.0 cm³/mol. The Labute approximate surface area is 111 Å². The average Bonchev–Trinajstić information content (AvgIpc) is 2.76. The van der Waals surface area contributed by atoms with E-state index in [0.717, 1.165) is 23.1 Å². The van der Waals surface area contributed by atoms with E-state index in [-0.39, 0.29) is 0 Å². The Morgan fingerprint density at radius 2 is 2.22 bits per heavy atom. The summed E-state index contributed by atoms with van der Waals surface area (Å²) in [5.41, 5.74) is 3.29. The van der Waals surface area contributed by atoms with Gasteiger partial charge in [-0.3, -0.25) is 9.48 Å². The maximum atomic E-state index is 11.0. The summed E-state index contributed by atoms with van der Waals surface area (Å²) < 4.78 is 1.62. The maximum Gasteiger partial charge on any atom is 0.168 e. The molecule has 0 aliphatic carbocycles. The second-order valence-corrected chi connectivity index (χ2v) is 4.44. The highest BCUT2D eigenvalue weighted by Crippen LogP contribution is 2.26. The maximum absolute atomic E-state index is 11.0. The molecular weight excluding hydrogens is 248 g/mol. The number of rotatable bonds is 4. The zero-order valence-electron chi connectivity index (χ0n) is 10.1. The van der Waals surface area contributed by atoms with E-state index in [2.05, 4.69) is 11.7 Å². The van der Waals surface area contributed by atoms with E-state index in [1.54, 1.807) is 16.8 Å². The first-order valence-electron chi connectivity index (χ1n) is 5.56. The van der Waals surface area contributed by atoms with E-state index in [9.17, 15) is 4.79 Å². The molecule has 0 aliphatic rings. The Balaban J connectivity index is 2.53. The number of benzene rings is 1. The predicted octanol–water partition coefficient (Wildman–Crippen LogP) is 3.51. The molecule has 1 aromatic heterocycles. The third kappa shape index (κ3) is 2.36. The summed E-state index contributed by atoms with van der Waals surface area (Å²) in [7, 11) is 0. The van der Waals surface area contributed by atoms with E-state index >= 15 is 0 Å². The fourth-order valence-electron chi connectivity index (χ4n) is 1.80. The molecule has 2 rings (SSSR count). The van der Waals surface area contributed by atoms with Crippen molar-refractivity contribution in [3.63, 3.8) is 0 Å². The van der Waals surface area contributed by atoms with Crippen molar-refractivity contribution in [2.75, 3.05) is 0 Å². The Morgan fingerprint density at radius 1 is 1.44 bits per heavy atom. The van der Waals surface area contributed by atoms with Crippen LogP contribution in [-0.4, -0.2) is 16.1 Å². The SMILES string of the molecule is C=CCn1nc(-c2cc(Cl)ccc2C)cc1C=O. The molecule has 0 bridgehead atoms. The molecule has 0 atom stereocenters. The standard InChI is InChI=1S/C14H13ClN2O/c1-3-6-17-12(9-18)8-14(16-17)13-7-11(15)5-4-10(13)2/h3-5,7-9H,1,6H2,2H3. The molecule has 4 heteroatoms. The summed E-state index contributed by atoms with van der Waals surface area (Å²) >= 11 is 5.99. The molecule has 0 spiro atoms. The van der Waals surface area contributed by atoms with Gasteiger partial charge in [-0.1, -0.05) is 23.7 Å². The van der Waals surface area contributed by atoms with Crippen molar-refractivity contribution >= 4 is 17.9 Å². The molecule has 0 saturated heterocycles. The largest absolute Gasteiger partial charge is 0.296 e. The van der Waals surface area contributed by atoms with E-state index in [0.29, 0.717) is 17.3 Å². The minimum absolute atomic E-state index is 0.508. The van der Waals surface area contributed by atoms with Gasteiger partial charge in [0, 0.05) is 10.6 Å². The number of halogens is 1. The normalized spacial score (nSPS) is 10.3. The highest BCUT2D eigenvalue weighted by molar-refractivity contribution is 6.30. The molecule has 0 amide bonds. The van der Waals surface area contributed by atoms with Gasteiger partial charge in [0.25, 0.3) is 0 Å². The minimum Gasteiger partial charge on any atom is -0.296 e. The lowest BCUT2D eigenvalue weighted by atomic mass is 10.1. The number of aryl methyl sites for hydroxylation is 1. The van der Waals surface area contributed by atoms with Gasteiger partial charge in [0.15, 0.2) is 6.29 Å². The fraction of sp³-hybridized carbons (Fsp3) is 0.143. The number of carbonyl (C=O) groups is 1. The summed E-state index contributed by atoms with van der Waals surface area (Å²) in [5, 5.41) is 5.05. The zero-order valence-corrected chi connectivity index (χ0v) is 10.8.